The van der Waals surface area contributed by atoms with E-state index in [9.17, 15) is 0 Å². The fourth-order valence-corrected chi connectivity index (χ4v) is 1.79. The average Bonchev–Trinajstić information content (AvgIpc) is 2.49. The minimum absolute atomic E-state index is 0.319. The molecule has 0 fully saturated rings. The molecule has 78 valence electrons. The highest BCUT2D eigenvalue weighted by molar-refractivity contribution is 9.10. The lowest BCUT2D eigenvalue weighted by atomic mass is 10.2. The van der Waals surface area contributed by atoms with E-state index in [0.29, 0.717) is 12.5 Å². The number of rotatable bonds is 2. The summed E-state index contributed by atoms with van der Waals surface area (Å²) in [6, 6.07) is 8.03. The van der Waals surface area contributed by atoms with Gasteiger partial charge in [-0.25, -0.2) is 4.68 Å². The molecule has 0 bridgehead atoms. The van der Waals surface area contributed by atoms with Crippen LogP contribution in [0.2, 0.25) is 0 Å². The molecule has 0 aliphatic heterocycles. The lowest BCUT2D eigenvalue weighted by molar-refractivity contribution is 0.661. The van der Waals surface area contributed by atoms with Crippen molar-refractivity contribution in [3.05, 3.63) is 40.1 Å². The molecule has 0 radical (unpaired) electrons. The maximum absolute atomic E-state index is 5.52. The summed E-state index contributed by atoms with van der Waals surface area (Å²) in [5, 5.41) is 4.11. The monoisotopic (exact) mass is 266 g/mol. The number of nitrogens with zero attached hydrogens (tertiary/aromatic N) is 3. The van der Waals surface area contributed by atoms with E-state index in [2.05, 4.69) is 26.0 Å². The minimum atomic E-state index is 0.319. The van der Waals surface area contributed by atoms with E-state index in [0.717, 1.165) is 15.9 Å². The Labute approximate surface area is 96.3 Å². The molecule has 0 amide bonds. The van der Waals surface area contributed by atoms with Crippen LogP contribution >= 0.6 is 15.9 Å². The second-order valence-electron chi connectivity index (χ2n) is 3.27. The highest BCUT2D eigenvalue weighted by Gasteiger charge is 2.05. The zero-order valence-electron chi connectivity index (χ0n) is 8.31. The van der Waals surface area contributed by atoms with E-state index < -0.39 is 0 Å². The number of hydrogen-bond acceptors (Lipinski definition) is 3. The number of anilines is 1. The lowest BCUT2D eigenvalue weighted by Gasteiger charge is -2.04. The largest absolute Gasteiger partial charge is 0.366 e. The van der Waals surface area contributed by atoms with Gasteiger partial charge in [0.2, 0.25) is 5.95 Å². The van der Waals surface area contributed by atoms with Gasteiger partial charge in [0.15, 0.2) is 0 Å². The van der Waals surface area contributed by atoms with Crippen molar-refractivity contribution in [1.82, 2.24) is 14.8 Å². The van der Waals surface area contributed by atoms with E-state index in [1.54, 1.807) is 4.68 Å². The molecule has 2 aromatic rings. The zero-order valence-corrected chi connectivity index (χ0v) is 9.90. The van der Waals surface area contributed by atoms with Gasteiger partial charge in [-0.2, -0.15) is 4.98 Å². The van der Waals surface area contributed by atoms with Crippen molar-refractivity contribution in [2.45, 2.75) is 13.5 Å². The molecule has 1 aromatic heterocycles. The quantitative estimate of drug-likeness (QED) is 0.905. The van der Waals surface area contributed by atoms with Crippen molar-refractivity contribution in [2.24, 2.45) is 0 Å². The van der Waals surface area contributed by atoms with Gasteiger partial charge in [-0.3, -0.25) is 0 Å². The maximum Gasteiger partial charge on any atom is 0.239 e. The first kappa shape index (κ1) is 10.2. The van der Waals surface area contributed by atoms with Crippen LogP contribution in [0.25, 0.3) is 0 Å². The first-order valence-corrected chi connectivity index (χ1v) is 5.36. The van der Waals surface area contributed by atoms with Crippen molar-refractivity contribution >= 4 is 21.9 Å². The number of hydrogen-bond donors (Lipinski definition) is 1. The number of aromatic nitrogens is 3. The molecular weight excluding hydrogens is 256 g/mol. The summed E-state index contributed by atoms with van der Waals surface area (Å²) in [6.07, 6.45) is 0. The second-order valence-corrected chi connectivity index (χ2v) is 4.12. The van der Waals surface area contributed by atoms with Crippen LogP contribution in [0.1, 0.15) is 11.4 Å². The van der Waals surface area contributed by atoms with E-state index in [-0.39, 0.29) is 0 Å². The second kappa shape index (κ2) is 4.02. The van der Waals surface area contributed by atoms with Crippen LogP contribution in [0.15, 0.2) is 28.7 Å². The smallest absolute Gasteiger partial charge is 0.239 e. The van der Waals surface area contributed by atoms with Gasteiger partial charge in [-0.05, 0) is 18.6 Å². The van der Waals surface area contributed by atoms with Crippen LogP contribution in [-0.4, -0.2) is 14.8 Å². The molecular formula is C10H11BrN4. The Morgan fingerprint density at radius 1 is 1.40 bits per heavy atom. The van der Waals surface area contributed by atoms with E-state index in [4.69, 9.17) is 5.73 Å². The van der Waals surface area contributed by atoms with E-state index in [1.807, 2.05) is 31.2 Å². The molecule has 2 N–H and O–H groups in total. The SMILES string of the molecule is Cc1nc(N)nn1Cc1ccccc1Br. The Hall–Kier alpha value is -1.36. The fourth-order valence-electron chi connectivity index (χ4n) is 1.38. The molecule has 1 aromatic carbocycles. The summed E-state index contributed by atoms with van der Waals surface area (Å²) in [4.78, 5) is 4.05. The van der Waals surface area contributed by atoms with Gasteiger partial charge in [0.1, 0.15) is 5.82 Å². The Morgan fingerprint density at radius 2 is 2.13 bits per heavy atom. The van der Waals surface area contributed by atoms with Crippen molar-refractivity contribution in [1.29, 1.82) is 0 Å². The third kappa shape index (κ3) is 2.18. The molecule has 0 saturated heterocycles. The topological polar surface area (TPSA) is 56.7 Å². The van der Waals surface area contributed by atoms with Crippen LogP contribution in [-0.2, 0) is 6.54 Å². The zero-order chi connectivity index (χ0) is 10.8. The average molecular weight is 267 g/mol. The standard InChI is InChI=1S/C10H11BrN4/c1-7-13-10(12)14-15(7)6-8-4-2-3-5-9(8)11/h2-5H,6H2,1H3,(H2,12,14). The highest BCUT2D eigenvalue weighted by Crippen LogP contribution is 2.17. The van der Waals surface area contributed by atoms with E-state index in [1.165, 1.54) is 0 Å². The predicted molar refractivity (Wildman–Crippen MR) is 62.4 cm³/mol. The number of nitrogens with two attached hydrogens (primary N) is 1. The Morgan fingerprint density at radius 3 is 2.73 bits per heavy atom. The van der Waals surface area contributed by atoms with Crippen LogP contribution in [0.4, 0.5) is 5.95 Å². The maximum atomic E-state index is 5.52. The molecule has 0 unspecified atom stereocenters. The molecule has 2 rings (SSSR count). The van der Waals surface area contributed by atoms with Gasteiger partial charge in [0.05, 0.1) is 6.54 Å². The fraction of sp³-hybridized carbons (Fsp3) is 0.200. The van der Waals surface area contributed by atoms with Gasteiger partial charge < -0.3 is 5.73 Å². The number of halogens is 1. The van der Waals surface area contributed by atoms with Crippen LogP contribution in [0.5, 0.6) is 0 Å². The van der Waals surface area contributed by atoms with Gasteiger partial charge >= 0.3 is 0 Å². The Kier molecular flexibility index (Phi) is 2.73. The molecule has 0 aliphatic rings. The Balaban J connectivity index is 2.29. The number of benzene rings is 1. The van der Waals surface area contributed by atoms with Crippen molar-refractivity contribution in [2.75, 3.05) is 5.73 Å². The predicted octanol–water partition coefficient (Wildman–Crippen LogP) is 1.98. The molecule has 0 saturated carbocycles. The lowest BCUT2D eigenvalue weighted by Crippen LogP contribution is -2.04. The third-order valence-electron chi connectivity index (χ3n) is 2.15. The van der Waals surface area contributed by atoms with Crippen molar-refractivity contribution in [3.63, 3.8) is 0 Å². The summed E-state index contributed by atoms with van der Waals surface area (Å²) >= 11 is 3.49. The Bertz CT molecular complexity index is 478. The molecule has 0 aliphatic carbocycles. The van der Waals surface area contributed by atoms with Crippen molar-refractivity contribution in [3.8, 4) is 0 Å². The number of nitrogen functional groups attached to an aromatic ring is 1. The highest BCUT2D eigenvalue weighted by atomic mass is 79.9. The normalized spacial score (nSPS) is 10.5. The van der Waals surface area contributed by atoms with Gasteiger partial charge in [-0.15, -0.1) is 5.10 Å². The van der Waals surface area contributed by atoms with Crippen LogP contribution in [0.3, 0.4) is 0 Å². The van der Waals surface area contributed by atoms with E-state index >= 15 is 0 Å². The van der Waals surface area contributed by atoms with Gasteiger partial charge in [-0.1, -0.05) is 34.1 Å². The number of aryl methyl sites for hydroxylation is 1. The first-order valence-electron chi connectivity index (χ1n) is 4.57. The summed E-state index contributed by atoms with van der Waals surface area (Å²) < 4.78 is 2.86. The third-order valence-corrected chi connectivity index (χ3v) is 2.92. The van der Waals surface area contributed by atoms with Crippen molar-refractivity contribution < 1.29 is 0 Å². The summed E-state index contributed by atoms with van der Waals surface area (Å²) in [5.74, 6) is 1.14. The van der Waals surface area contributed by atoms with Gasteiger partial charge in [0, 0.05) is 4.47 Å². The summed E-state index contributed by atoms with van der Waals surface area (Å²) in [7, 11) is 0. The molecule has 15 heavy (non-hydrogen) atoms. The first-order chi connectivity index (χ1) is 7.16. The van der Waals surface area contributed by atoms with Crippen LogP contribution < -0.4 is 5.73 Å². The molecule has 1 heterocycles. The molecule has 5 heteroatoms. The van der Waals surface area contributed by atoms with Crippen LogP contribution in [0, 0.1) is 6.92 Å². The van der Waals surface area contributed by atoms with Gasteiger partial charge in [0.25, 0.3) is 0 Å². The summed E-state index contributed by atoms with van der Waals surface area (Å²) in [6.45, 7) is 2.57. The minimum Gasteiger partial charge on any atom is -0.366 e. The summed E-state index contributed by atoms with van der Waals surface area (Å²) in [5.41, 5.74) is 6.67. The molecule has 0 atom stereocenters. The molecule has 4 nitrogen and oxygen atoms in total. The molecule has 0 spiro atoms.